The van der Waals surface area contributed by atoms with Crippen LogP contribution in [0.2, 0.25) is 0 Å². The molecule has 1 N–H and O–H groups in total. The quantitative estimate of drug-likeness (QED) is 0.472. The van der Waals surface area contributed by atoms with E-state index in [-0.39, 0.29) is 0 Å². The molecule has 2 saturated heterocycles. The Morgan fingerprint density at radius 3 is 2.88 bits per heavy atom. The van der Waals surface area contributed by atoms with Crippen molar-refractivity contribution >= 4 is 5.96 Å². The molecule has 26 heavy (non-hydrogen) atoms. The van der Waals surface area contributed by atoms with E-state index in [1.807, 2.05) is 12.5 Å². The fourth-order valence-corrected chi connectivity index (χ4v) is 3.82. The molecule has 3 heterocycles. The standard InChI is InChI=1S/C19H34N6O/c1-3-21-19(22-6-4-8-23-11-13-26-14-12-23)24-9-5-17(2)18(15-24)25-10-7-20-16-25/h7,10,16-18H,3-6,8-9,11-15H2,1-2H3,(H,21,22). The maximum atomic E-state index is 5.41. The summed E-state index contributed by atoms with van der Waals surface area (Å²) in [6.45, 7) is 13.3. The molecule has 0 bridgehead atoms. The van der Waals surface area contributed by atoms with Crippen molar-refractivity contribution in [2.75, 3.05) is 59.0 Å². The zero-order valence-corrected chi connectivity index (χ0v) is 16.3. The van der Waals surface area contributed by atoms with Crippen LogP contribution in [0, 0.1) is 5.92 Å². The number of ether oxygens (including phenoxy) is 1. The Labute approximate surface area is 157 Å². The Morgan fingerprint density at radius 1 is 1.31 bits per heavy atom. The molecular weight excluding hydrogens is 328 g/mol. The van der Waals surface area contributed by atoms with Gasteiger partial charge in [0.05, 0.1) is 25.6 Å². The average Bonchev–Trinajstić information content (AvgIpc) is 3.20. The number of imidazole rings is 1. The number of nitrogens with one attached hydrogen (secondary N) is 1. The van der Waals surface area contributed by atoms with Crippen LogP contribution in [-0.4, -0.2) is 84.3 Å². The monoisotopic (exact) mass is 362 g/mol. The van der Waals surface area contributed by atoms with Gasteiger partial charge < -0.3 is 19.5 Å². The summed E-state index contributed by atoms with van der Waals surface area (Å²) in [5.41, 5.74) is 0. The molecule has 146 valence electrons. The second kappa shape index (κ2) is 9.92. The molecule has 2 unspecified atom stereocenters. The summed E-state index contributed by atoms with van der Waals surface area (Å²) in [6.07, 6.45) is 8.18. The Hall–Kier alpha value is -1.60. The molecule has 7 nitrogen and oxygen atoms in total. The first-order chi connectivity index (χ1) is 12.8. The largest absolute Gasteiger partial charge is 0.379 e. The summed E-state index contributed by atoms with van der Waals surface area (Å²) in [7, 11) is 0. The van der Waals surface area contributed by atoms with Crippen LogP contribution in [0.1, 0.15) is 32.7 Å². The summed E-state index contributed by atoms with van der Waals surface area (Å²) in [6, 6.07) is 0.462. The number of nitrogens with zero attached hydrogens (tertiary/aromatic N) is 5. The molecule has 2 fully saturated rings. The van der Waals surface area contributed by atoms with Crippen molar-refractivity contribution in [2.24, 2.45) is 10.9 Å². The molecule has 0 aliphatic carbocycles. The summed E-state index contributed by atoms with van der Waals surface area (Å²) in [5, 5.41) is 3.49. The minimum Gasteiger partial charge on any atom is -0.379 e. The lowest BCUT2D eigenvalue weighted by molar-refractivity contribution is 0.0377. The number of likely N-dealkylation sites (tertiary alicyclic amines) is 1. The van der Waals surface area contributed by atoms with Crippen LogP contribution >= 0.6 is 0 Å². The van der Waals surface area contributed by atoms with Gasteiger partial charge in [-0.2, -0.15) is 0 Å². The molecule has 0 amide bonds. The highest BCUT2D eigenvalue weighted by Gasteiger charge is 2.28. The van der Waals surface area contributed by atoms with Crippen molar-refractivity contribution in [1.82, 2.24) is 24.7 Å². The van der Waals surface area contributed by atoms with Crippen molar-refractivity contribution in [2.45, 2.75) is 32.7 Å². The Balaban J connectivity index is 1.54. The highest BCUT2D eigenvalue weighted by Crippen LogP contribution is 2.27. The second-order valence-corrected chi connectivity index (χ2v) is 7.33. The minimum atomic E-state index is 0.462. The maximum Gasteiger partial charge on any atom is 0.193 e. The van der Waals surface area contributed by atoms with Crippen molar-refractivity contribution in [3.63, 3.8) is 0 Å². The van der Waals surface area contributed by atoms with E-state index in [0.29, 0.717) is 12.0 Å². The molecule has 3 rings (SSSR count). The number of piperidine rings is 1. The summed E-state index contributed by atoms with van der Waals surface area (Å²) < 4.78 is 7.66. The van der Waals surface area contributed by atoms with E-state index in [4.69, 9.17) is 9.73 Å². The van der Waals surface area contributed by atoms with E-state index in [9.17, 15) is 0 Å². The number of rotatable bonds is 6. The highest BCUT2D eigenvalue weighted by molar-refractivity contribution is 5.80. The molecule has 2 atom stereocenters. The van der Waals surface area contributed by atoms with E-state index >= 15 is 0 Å². The van der Waals surface area contributed by atoms with Crippen LogP contribution in [0.4, 0.5) is 0 Å². The van der Waals surface area contributed by atoms with Crippen LogP contribution < -0.4 is 5.32 Å². The van der Waals surface area contributed by atoms with Crippen LogP contribution in [-0.2, 0) is 4.74 Å². The van der Waals surface area contributed by atoms with E-state index in [1.54, 1.807) is 0 Å². The van der Waals surface area contributed by atoms with Crippen LogP contribution in [0.25, 0.3) is 0 Å². The Kier molecular flexibility index (Phi) is 7.32. The van der Waals surface area contributed by atoms with Gasteiger partial charge in [-0.25, -0.2) is 4.98 Å². The third-order valence-corrected chi connectivity index (χ3v) is 5.46. The molecule has 1 aromatic heterocycles. The number of morpholine rings is 1. The van der Waals surface area contributed by atoms with Gasteiger partial charge in [0.15, 0.2) is 5.96 Å². The molecule has 2 aliphatic rings. The molecule has 7 heteroatoms. The van der Waals surface area contributed by atoms with Crippen molar-refractivity contribution in [1.29, 1.82) is 0 Å². The van der Waals surface area contributed by atoms with Gasteiger partial charge in [-0.05, 0) is 25.7 Å². The zero-order chi connectivity index (χ0) is 18.2. The molecule has 0 spiro atoms. The smallest absolute Gasteiger partial charge is 0.193 e. The molecule has 0 aromatic carbocycles. The Morgan fingerprint density at radius 2 is 2.15 bits per heavy atom. The van der Waals surface area contributed by atoms with Gasteiger partial charge in [0.1, 0.15) is 0 Å². The normalized spacial score (nSPS) is 25.5. The van der Waals surface area contributed by atoms with Crippen LogP contribution in [0.15, 0.2) is 23.7 Å². The molecule has 1 aromatic rings. The average molecular weight is 363 g/mol. The number of hydrogen-bond donors (Lipinski definition) is 1. The maximum absolute atomic E-state index is 5.41. The fourth-order valence-electron chi connectivity index (χ4n) is 3.82. The lowest BCUT2D eigenvalue weighted by Crippen LogP contribution is -2.49. The second-order valence-electron chi connectivity index (χ2n) is 7.33. The van der Waals surface area contributed by atoms with Gasteiger partial charge >= 0.3 is 0 Å². The summed E-state index contributed by atoms with van der Waals surface area (Å²) >= 11 is 0. The summed E-state index contributed by atoms with van der Waals surface area (Å²) in [5.74, 6) is 1.72. The minimum absolute atomic E-state index is 0.462. The molecule has 0 saturated carbocycles. The first kappa shape index (κ1) is 19.2. The van der Waals surface area contributed by atoms with Gasteiger partial charge in [0.2, 0.25) is 0 Å². The number of aromatic nitrogens is 2. The molecule has 0 radical (unpaired) electrons. The van der Waals surface area contributed by atoms with Gasteiger partial charge in [-0.15, -0.1) is 0 Å². The van der Waals surface area contributed by atoms with E-state index in [2.05, 4.69) is 44.7 Å². The predicted octanol–water partition coefficient (Wildman–Crippen LogP) is 1.45. The van der Waals surface area contributed by atoms with Gasteiger partial charge in [-0.3, -0.25) is 9.89 Å². The van der Waals surface area contributed by atoms with E-state index in [0.717, 1.165) is 71.4 Å². The first-order valence-corrected chi connectivity index (χ1v) is 10.1. The van der Waals surface area contributed by atoms with Crippen LogP contribution in [0.5, 0.6) is 0 Å². The lowest BCUT2D eigenvalue weighted by Gasteiger charge is -2.39. The number of hydrogen-bond acceptors (Lipinski definition) is 4. The highest BCUT2D eigenvalue weighted by atomic mass is 16.5. The predicted molar refractivity (Wildman–Crippen MR) is 104 cm³/mol. The fraction of sp³-hybridized carbons (Fsp3) is 0.789. The number of guanidine groups is 1. The van der Waals surface area contributed by atoms with E-state index < -0.39 is 0 Å². The third-order valence-electron chi connectivity index (χ3n) is 5.46. The van der Waals surface area contributed by atoms with Crippen molar-refractivity contribution in [3.8, 4) is 0 Å². The van der Waals surface area contributed by atoms with Crippen molar-refractivity contribution in [3.05, 3.63) is 18.7 Å². The summed E-state index contributed by atoms with van der Waals surface area (Å²) in [4.78, 5) is 14.0. The van der Waals surface area contributed by atoms with Crippen LogP contribution in [0.3, 0.4) is 0 Å². The third kappa shape index (κ3) is 5.20. The number of aliphatic imine (C=N–C) groups is 1. The topological polar surface area (TPSA) is 57.9 Å². The Bertz CT molecular complexity index is 540. The van der Waals surface area contributed by atoms with Gasteiger partial charge in [-0.1, -0.05) is 6.92 Å². The molecular formula is C19H34N6O. The van der Waals surface area contributed by atoms with Gasteiger partial charge in [0.25, 0.3) is 0 Å². The van der Waals surface area contributed by atoms with Crippen molar-refractivity contribution < 1.29 is 4.74 Å². The molecule has 2 aliphatic heterocycles. The zero-order valence-electron chi connectivity index (χ0n) is 16.3. The SMILES string of the molecule is CCNC(=NCCCN1CCOCC1)N1CCC(C)C(n2ccnc2)C1. The first-order valence-electron chi connectivity index (χ1n) is 10.1. The van der Waals surface area contributed by atoms with Gasteiger partial charge in [0, 0.05) is 58.2 Å². The lowest BCUT2D eigenvalue weighted by atomic mass is 9.93. The van der Waals surface area contributed by atoms with E-state index in [1.165, 1.54) is 6.42 Å².